The van der Waals surface area contributed by atoms with Crippen molar-refractivity contribution < 1.29 is 12.3 Å². The smallest absolute Gasteiger partial charge is 0.0704 e. The summed E-state index contributed by atoms with van der Waals surface area (Å²) in [7, 11) is 0. The number of benzene rings is 9. The van der Waals surface area contributed by atoms with Gasteiger partial charge in [-0.3, -0.25) is 15.0 Å². The van der Waals surface area contributed by atoms with Crippen LogP contribution in [-0.2, 0) is 25.7 Å². The summed E-state index contributed by atoms with van der Waals surface area (Å²) < 4.78 is 71.0. The predicted molar refractivity (Wildman–Crippen MR) is 307 cm³/mol. The van der Waals surface area contributed by atoms with Crippen LogP contribution >= 0.6 is 0 Å². The number of aryl methyl sites for hydroxylation is 7. The van der Waals surface area contributed by atoms with Crippen molar-refractivity contribution in [3.8, 4) is 67.2 Å². The van der Waals surface area contributed by atoms with Gasteiger partial charge in [-0.25, -0.2) is 0 Å². The summed E-state index contributed by atoms with van der Waals surface area (Å²) in [5, 5.41) is 7.09. The van der Waals surface area contributed by atoms with Gasteiger partial charge in [-0.1, -0.05) is 176 Å². The van der Waals surface area contributed by atoms with E-state index in [4.69, 9.17) is 17.3 Å². The van der Waals surface area contributed by atoms with Gasteiger partial charge in [0.15, 0.2) is 0 Å². The third-order valence-electron chi connectivity index (χ3n) is 14.1. The highest BCUT2D eigenvalue weighted by Crippen LogP contribution is 2.43. The molecule has 0 aliphatic rings. The van der Waals surface area contributed by atoms with Crippen LogP contribution in [0.3, 0.4) is 0 Å². The van der Waals surface area contributed by atoms with E-state index in [1.807, 2.05) is 24.3 Å². The number of hydrogen-bond acceptors (Lipinski definition) is 3. The Labute approximate surface area is 441 Å². The summed E-state index contributed by atoms with van der Waals surface area (Å²) in [5.74, 6) is 0. The molecular weight excluding hydrogens is 883 g/mol. The molecule has 0 unspecified atom stereocenters. The average molecular weight is 947 g/mol. The maximum absolute atomic E-state index is 8.01. The van der Waals surface area contributed by atoms with E-state index < -0.39 is 20.6 Å². The number of rotatable bonds is 12. The molecule has 350 valence electrons. The Morgan fingerprint density at radius 1 is 0.288 bits per heavy atom. The van der Waals surface area contributed by atoms with Crippen molar-refractivity contribution in [1.29, 1.82) is 0 Å². The van der Waals surface area contributed by atoms with Crippen LogP contribution in [0.2, 0.25) is 0 Å². The number of pyridine rings is 3. The lowest BCUT2D eigenvalue weighted by atomic mass is 9.85. The Bertz CT molecular complexity index is 4280. The monoisotopic (exact) mass is 946 g/mol. The molecule has 0 aliphatic carbocycles. The largest absolute Gasteiger partial charge is 0.256 e. The van der Waals surface area contributed by atoms with Crippen molar-refractivity contribution in [3.63, 3.8) is 0 Å². The first kappa shape index (κ1) is 36.2. The number of fused-ring (bicyclic) bond motifs is 6. The van der Waals surface area contributed by atoms with Crippen LogP contribution in [0.1, 0.15) is 51.3 Å². The van der Waals surface area contributed by atoms with Crippen LogP contribution in [0.4, 0.5) is 0 Å². The molecule has 9 aromatic carbocycles. The summed E-state index contributed by atoms with van der Waals surface area (Å²) in [5.41, 5.74) is 16.3. The molecule has 73 heavy (non-hydrogen) atoms. The Kier molecular flexibility index (Phi) is 9.80. The quantitative estimate of drug-likeness (QED) is 0.115. The lowest BCUT2D eigenvalue weighted by Crippen LogP contribution is -1.98. The van der Waals surface area contributed by atoms with E-state index in [1.54, 1.807) is 42.6 Å². The lowest BCUT2D eigenvalue weighted by Gasteiger charge is -2.19. The number of aromatic nitrogens is 3. The lowest BCUT2D eigenvalue weighted by molar-refractivity contribution is 0.931. The van der Waals surface area contributed by atoms with Gasteiger partial charge < -0.3 is 0 Å². The van der Waals surface area contributed by atoms with Gasteiger partial charge in [0, 0.05) is 47.6 Å². The highest BCUT2D eigenvalue weighted by molar-refractivity contribution is 6.25. The molecule has 12 rings (SSSR count). The zero-order chi connectivity index (χ0) is 56.8. The van der Waals surface area contributed by atoms with E-state index in [0.29, 0.717) is 17.1 Å². The highest BCUT2D eigenvalue weighted by Gasteiger charge is 2.18. The minimum atomic E-state index is -2.27. The SMILES string of the molecule is [2H]C([2H])([2H])c1ccc(-c2ccc(CCc3cc(CCc4ccc(-c5cc(C([2H])([2H])[2H])ccn5)cc4)cc(-c4ccccc4-c4ccc(-c5ccc(C([2H])([2H])[2H])cn5)cc4-c4ccc5c6ccccc6c6ccccc6c5c4)c3)cc2)nc1. The van der Waals surface area contributed by atoms with Crippen LogP contribution in [-0.4, -0.2) is 15.0 Å². The van der Waals surface area contributed by atoms with Gasteiger partial charge in [-0.2, -0.15) is 0 Å². The third-order valence-corrected chi connectivity index (χ3v) is 14.1. The minimum absolute atomic E-state index is 0.191. The van der Waals surface area contributed by atoms with Crippen LogP contribution < -0.4 is 0 Å². The zero-order valence-corrected chi connectivity index (χ0v) is 40.1. The average Bonchev–Trinajstić information content (AvgIpc) is 2.34. The topological polar surface area (TPSA) is 38.7 Å². The second-order valence-corrected chi connectivity index (χ2v) is 18.9. The summed E-state index contributed by atoms with van der Waals surface area (Å²) in [6.07, 6.45) is 7.54. The molecule has 0 N–H and O–H groups in total. The molecule has 0 saturated heterocycles. The molecule has 3 heterocycles. The molecule has 0 spiro atoms. The number of nitrogens with zero attached hydrogens (tertiary/aromatic N) is 3. The van der Waals surface area contributed by atoms with E-state index in [9.17, 15) is 0 Å². The van der Waals surface area contributed by atoms with Crippen molar-refractivity contribution >= 4 is 32.3 Å². The first-order chi connectivity index (χ1) is 39.5. The van der Waals surface area contributed by atoms with E-state index in [2.05, 4.69) is 162 Å². The Hall–Kier alpha value is -8.79. The molecule has 0 radical (unpaired) electrons. The fourth-order valence-corrected chi connectivity index (χ4v) is 10.4. The molecule has 0 atom stereocenters. The molecule has 0 bridgehead atoms. The highest BCUT2D eigenvalue weighted by atomic mass is 14.7. The van der Waals surface area contributed by atoms with Crippen molar-refractivity contribution in [1.82, 2.24) is 15.0 Å². The zero-order valence-electron chi connectivity index (χ0n) is 49.1. The maximum atomic E-state index is 8.01. The van der Waals surface area contributed by atoms with Crippen LogP contribution in [0.5, 0.6) is 0 Å². The fourth-order valence-electron chi connectivity index (χ4n) is 10.4. The second-order valence-electron chi connectivity index (χ2n) is 18.9. The van der Waals surface area contributed by atoms with Crippen molar-refractivity contribution in [3.05, 3.63) is 270 Å². The van der Waals surface area contributed by atoms with Gasteiger partial charge in [0.25, 0.3) is 0 Å². The van der Waals surface area contributed by atoms with Crippen molar-refractivity contribution in [2.75, 3.05) is 0 Å². The normalized spacial score (nSPS) is 13.8. The Morgan fingerprint density at radius 2 is 0.781 bits per heavy atom. The molecule has 0 aliphatic heterocycles. The van der Waals surface area contributed by atoms with E-state index in [0.717, 1.165) is 92.3 Å². The number of hydrogen-bond donors (Lipinski definition) is 0. The van der Waals surface area contributed by atoms with E-state index in [-0.39, 0.29) is 16.7 Å². The standard InChI is InChI=1S/C70H55N3/c1-46-36-37-71-70(38-46)54-28-24-50(25-29-54)19-21-52-39-51(20-18-49-22-26-53(27-23-49)68-34-16-47(2)44-72-68)40-57(41-52)58-10-4-5-11-59(58)64-33-31-56(69-35-17-48(3)45-73-69)43-66(64)55-30-32-65-62-14-7-6-12-60(62)61-13-8-9-15-63(61)67(65)42-55/h4-17,22-45H,18-21H2,1-3H3/i1D3,2D3,3D3. The Balaban J connectivity index is 0.936. The summed E-state index contributed by atoms with van der Waals surface area (Å²) >= 11 is 0. The van der Waals surface area contributed by atoms with Crippen LogP contribution in [0.25, 0.3) is 99.5 Å². The van der Waals surface area contributed by atoms with Crippen molar-refractivity contribution in [2.45, 2.75) is 46.2 Å². The minimum Gasteiger partial charge on any atom is -0.256 e. The molecule has 0 fully saturated rings. The van der Waals surface area contributed by atoms with Crippen molar-refractivity contribution in [2.24, 2.45) is 0 Å². The molecule has 3 aromatic heterocycles. The van der Waals surface area contributed by atoms with E-state index >= 15 is 0 Å². The Morgan fingerprint density at radius 3 is 1.37 bits per heavy atom. The van der Waals surface area contributed by atoms with Gasteiger partial charge in [0.2, 0.25) is 0 Å². The maximum Gasteiger partial charge on any atom is 0.0704 e. The molecule has 0 saturated carbocycles. The molecular formula is C70H55N3. The van der Waals surface area contributed by atoms with Gasteiger partial charge in [0.1, 0.15) is 0 Å². The molecule has 0 amide bonds. The van der Waals surface area contributed by atoms with Crippen LogP contribution in [0, 0.1) is 20.6 Å². The van der Waals surface area contributed by atoms with Gasteiger partial charge in [-0.15, -0.1) is 0 Å². The molecule has 3 heteroatoms. The van der Waals surface area contributed by atoms with Gasteiger partial charge in [-0.05, 0) is 187 Å². The van der Waals surface area contributed by atoms with Crippen LogP contribution in [0.15, 0.2) is 231 Å². The molecule has 3 nitrogen and oxygen atoms in total. The summed E-state index contributed by atoms with van der Waals surface area (Å²) in [6.45, 7) is -6.71. The first-order valence-corrected chi connectivity index (χ1v) is 24.8. The third kappa shape index (κ3) is 9.46. The van der Waals surface area contributed by atoms with Gasteiger partial charge in [0.05, 0.1) is 17.1 Å². The summed E-state index contributed by atoms with van der Waals surface area (Å²) in [4.78, 5) is 13.6. The first-order valence-electron chi connectivity index (χ1n) is 29.3. The van der Waals surface area contributed by atoms with Gasteiger partial charge >= 0.3 is 0 Å². The summed E-state index contributed by atoms with van der Waals surface area (Å²) in [6, 6.07) is 72.5. The molecule has 12 aromatic rings. The van der Waals surface area contributed by atoms with E-state index in [1.165, 1.54) is 50.5 Å². The fraction of sp³-hybridized carbons (Fsp3) is 0.100. The second kappa shape index (κ2) is 19.8. The predicted octanol–water partition coefficient (Wildman–Crippen LogP) is 17.8.